The predicted octanol–water partition coefficient (Wildman–Crippen LogP) is -1.61. The number of anilines is 1. The summed E-state index contributed by atoms with van der Waals surface area (Å²) < 4.78 is 29.0. The standard InChI is InChI=1S/C17H30N6O5S/c1-12(2)10-23-15(18)14(16(25)20(5)17(23)26)13(24)11-21-6-8-22(9-7-21)29(27,28)19(3)4/h12H,6-11,18H2,1-5H3. The van der Waals surface area contributed by atoms with Crippen molar-refractivity contribution in [3.05, 3.63) is 26.4 Å². The minimum Gasteiger partial charge on any atom is -0.384 e. The van der Waals surface area contributed by atoms with Crippen LogP contribution in [0.5, 0.6) is 0 Å². The van der Waals surface area contributed by atoms with Crippen LogP contribution in [0.1, 0.15) is 24.2 Å². The molecule has 1 aromatic heterocycles. The number of Topliss-reactive ketones (excluding diaryl/α,β-unsaturated/α-hetero) is 1. The maximum Gasteiger partial charge on any atom is 0.332 e. The molecule has 0 amide bonds. The van der Waals surface area contributed by atoms with Gasteiger partial charge >= 0.3 is 5.69 Å². The van der Waals surface area contributed by atoms with Crippen LogP contribution in [0.2, 0.25) is 0 Å². The summed E-state index contributed by atoms with van der Waals surface area (Å²) in [5, 5.41) is 0. The Morgan fingerprint density at radius 3 is 2.17 bits per heavy atom. The van der Waals surface area contributed by atoms with Gasteiger partial charge in [0.15, 0.2) is 5.78 Å². The Kier molecular flexibility index (Phi) is 7.04. The molecule has 1 aliphatic heterocycles. The van der Waals surface area contributed by atoms with Crippen LogP contribution in [0.4, 0.5) is 5.82 Å². The summed E-state index contributed by atoms with van der Waals surface area (Å²) in [6, 6.07) is 0. The van der Waals surface area contributed by atoms with Crippen LogP contribution >= 0.6 is 0 Å². The van der Waals surface area contributed by atoms with E-state index < -0.39 is 27.2 Å². The van der Waals surface area contributed by atoms with Gasteiger partial charge in [-0.1, -0.05) is 13.8 Å². The van der Waals surface area contributed by atoms with Gasteiger partial charge < -0.3 is 5.73 Å². The third-order valence-corrected chi connectivity index (χ3v) is 6.84. The third-order valence-electron chi connectivity index (χ3n) is 4.90. The van der Waals surface area contributed by atoms with Crippen molar-refractivity contribution >= 4 is 21.8 Å². The van der Waals surface area contributed by atoms with E-state index in [1.807, 2.05) is 13.8 Å². The average Bonchev–Trinajstić information content (AvgIpc) is 2.64. The highest BCUT2D eigenvalue weighted by atomic mass is 32.2. The smallest absolute Gasteiger partial charge is 0.332 e. The second-order valence-corrected chi connectivity index (χ2v) is 9.94. The van der Waals surface area contributed by atoms with E-state index in [-0.39, 0.29) is 36.9 Å². The molecule has 0 bridgehead atoms. The Morgan fingerprint density at radius 2 is 1.69 bits per heavy atom. The Hall–Kier alpha value is -2.02. The zero-order valence-corrected chi connectivity index (χ0v) is 18.4. The molecule has 164 valence electrons. The van der Waals surface area contributed by atoms with E-state index in [1.165, 1.54) is 30.0 Å². The number of hydrogen-bond acceptors (Lipinski definition) is 7. The fourth-order valence-corrected chi connectivity index (χ4v) is 4.30. The minimum absolute atomic E-state index is 0.0742. The normalized spacial score (nSPS) is 16.7. The summed E-state index contributed by atoms with van der Waals surface area (Å²) in [4.78, 5) is 39.5. The van der Waals surface area contributed by atoms with Crippen molar-refractivity contribution in [1.29, 1.82) is 0 Å². The van der Waals surface area contributed by atoms with E-state index in [0.29, 0.717) is 19.6 Å². The van der Waals surface area contributed by atoms with Crippen molar-refractivity contribution in [2.75, 3.05) is 52.6 Å². The SMILES string of the molecule is CC(C)Cn1c(N)c(C(=O)CN2CCN(S(=O)(=O)N(C)C)CC2)c(=O)n(C)c1=O. The van der Waals surface area contributed by atoms with Crippen molar-refractivity contribution in [2.24, 2.45) is 13.0 Å². The van der Waals surface area contributed by atoms with Crippen molar-refractivity contribution in [2.45, 2.75) is 20.4 Å². The van der Waals surface area contributed by atoms with E-state index in [9.17, 15) is 22.8 Å². The molecule has 11 nitrogen and oxygen atoms in total. The number of rotatable bonds is 7. The highest BCUT2D eigenvalue weighted by Crippen LogP contribution is 2.12. The first kappa shape index (κ1) is 23.3. The molecule has 1 saturated heterocycles. The molecule has 2 rings (SSSR count). The van der Waals surface area contributed by atoms with Crippen LogP contribution in [0, 0.1) is 5.92 Å². The van der Waals surface area contributed by atoms with E-state index >= 15 is 0 Å². The van der Waals surface area contributed by atoms with Gasteiger partial charge in [0.1, 0.15) is 11.4 Å². The molecular weight excluding hydrogens is 400 g/mol. The molecular formula is C17H30N6O5S. The number of nitrogen functional groups attached to an aromatic ring is 1. The Bertz CT molecular complexity index is 987. The van der Waals surface area contributed by atoms with Gasteiger partial charge in [-0.25, -0.2) is 4.79 Å². The molecule has 1 fully saturated rings. The molecule has 0 saturated carbocycles. The quantitative estimate of drug-likeness (QED) is 0.515. The van der Waals surface area contributed by atoms with Gasteiger partial charge in [0, 0.05) is 53.9 Å². The van der Waals surface area contributed by atoms with E-state index in [1.54, 1.807) is 4.90 Å². The summed E-state index contributed by atoms with van der Waals surface area (Å²) >= 11 is 0. The van der Waals surface area contributed by atoms with Gasteiger partial charge in [-0.3, -0.25) is 23.6 Å². The number of nitrogens with two attached hydrogens (primary N) is 1. The molecule has 29 heavy (non-hydrogen) atoms. The lowest BCUT2D eigenvalue weighted by atomic mass is 10.1. The lowest BCUT2D eigenvalue weighted by Gasteiger charge is -2.34. The summed E-state index contributed by atoms with van der Waals surface area (Å²) in [5.74, 6) is -0.502. The number of piperazine rings is 1. The molecule has 0 aliphatic carbocycles. The predicted molar refractivity (Wildman–Crippen MR) is 110 cm³/mol. The summed E-state index contributed by atoms with van der Waals surface area (Å²) in [7, 11) is 0.757. The number of aromatic nitrogens is 2. The zero-order chi connectivity index (χ0) is 22.1. The van der Waals surface area contributed by atoms with E-state index in [4.69, 9.17) is 5.73 Å². The highest BCUT2D eigenvalue weighted by molar-refractivity contribution is 7.86. The van der Waals surface area contributed by atoms with Crippen LogP contribution < -0.4 is 17.0 Å². The average molecular weight is 431 g/mol. The Labute approximate surface area is 170 Å². The van der Waals surface area contributed by atoms with Gasteiger partial charge in [-0.2, -0.15) is 17.0 Å². The Morgan fingerprint density at radius 1 is 1.14 bits per heavy atom. The summed E-state index contributed by atoms with van der Waals surface area (Å²) in [6.07, 6.45) is 0. The van der Waals surface area contributed by atoms with Crippen LogP contribution in [0.15, 0.2) is 9.59 Å². The molecule has 0 atom stereocenters. The highest BCUT2D eigenvalue weighted by Gasteiger charge is 2.30. The molecule has 0 spiro atoms. The van der Waals surface area contributed by atoms with Gasteiger partial charge in [0.05, 0.1) is 6.54 Å². The van der Waals surface area contributed by atoms with Crippen LogP contribution in [-0.4, -0.2) is 83.7 Å². The number of ketones is 1. The van der Waals surface area contributed by atoms with Crippen LogP contribution in [-0.2, 0) is 23.8 Å². The fourth-order valence-electron chi connectivity index (χ4n) is 3.22. The molecule has 0 radical (unpaired) electrons. The number of carbonyl (C=O) groups excluding carboxylic acids is 1. The monoisotopic (exact) mass is 430 g/mol. The Balaban J connectivity index is 2.22. The lowest BCUT2D eigenvalue weighted by Crippen LogP contribution is -2.53. The number of nitrogens with zero attached hydrogens (tertiary/aromatic N) is 5. The second kappa shape index (κ2) is 8.78. The van der Waals surface area contributed by atoms with Gasteiger partial charge in [0.25, 0.3) is 15.8 Å². The lowest BCUT2D eigenvalue weighted by molar-refractivity contribution is 0.0898. The van der Waals surface area contributed by atoms with Crippen molar-refractivity contribution in [1.82, 2.24) is 22.6 Å². The fraction of sp³-hybridized carbons (Fsp3) is 0.706. The zero-order valence-electron chi connectivity index (χ0n) is 17.6. The molecule has 0 aromatic carbocycles. The van der Waals surface area contributed by atoms with Crippen LogP contribution in [0.3, 0.4) is 0 Å². The van der Waals surface area contributed by atoms with Gasteiger partial charge in [-0.15, -0.1) is 0 Å². The molecule has 12 heteroatoms. The molecule has 2 N–H and O–H groups in total. The summed E-state index contributed by atoms with van der Waals surface area (Å²) in [5.41, 5.74) is 4.57. The molecule has 1 aliphatic rings. The van der Waals surface area contributed by atoms with Crippen LogP contribution in [0.25, 0.3) is 0 Å². The first-order chi connectivity index (χ1) is 13.4. The minimum atomic E-state index is -3.50. The number of carbonyl (C=O) groups is 1. The first-order valence-electron chi connectivity index (χ1n) is 9.40. The maximum atomic E-state index is 12.9. The molecule has 2 heterocycles. The molecule has 1 aromatic rings. The summed E-state index contributed by atoms with van der Waals surface area (Å²) in [6.45, 7) is 5.21. The topological polar surface area (TPSA) is 131 Å². The van der Waals surface area contributed by atoms with Gasteiger partial charge in [0.2, 0.25) is 0 Å². The molecule has 0 unspecified atom stereocenters. The maximum absolute atomic E-state index is 12.9. The second-order valence-electron chi connectivity index (χ2n) is 7.80. The van der Waals surface area contributed by atoms with E-state index in [2.05, 4.69) is 0 Å². The number of hydrogen-bond donors (Lipinski definition) is 1. The van der Waals surface area contributed by atoms with Crippen molar-refractivity contribution < 1.29 is 13.2 Å². The van der Waals surface area contributed by atoms with Gasteiger partial charge in [-0.05, 0) is 5.92 Å². The van der Waals surface area contributed by atoms with E-state index in [0.717, 1.165) is 8.87 Å². The van der Waals surface area contributed by atoms with Crippen molar-refractivity contribution in [3.63, 3.8) is 0 Å². The largest absolute Gasteiger partial charge is 0.384 e. The van der Waals surface area contributed by atoms with Crippen molar-refractivity contribution in [3.8, 4) is 0 Å². The third kappa shape index (κ3) is 4.77. The first-order valence-corrected chi connectivity index (χ1v) is 10.8.